The molecule has 11 heteroatoms. The molecule has 0 unspecified atom stereocenters. The predicted octanol–water partition coefficient (Wildman–Crippen LogP) is 2.42. The van der Waals surface area contributed by atoms with Crippen LogP contribution in [0.25, 0.3) is 0 Å². The molecule has 2 heterocycles. The number of methoxy groups -OCH3 is 1. The Hall–Kier alpha value is -1.59. The zero-order valence-corrected chi connectivity index (χ0v) is 20.3. The van der Waals surface area contributed by atoms with Crippen molar-refractivity contribution < 1.29 is 17.9 Å². The fourth-order valence-electron chi connectivity index (χ4n) is 3.37. The van der Waals surface area contributed by atoms with E-state index in [1.54, 1.807) is 30.2 Å². The summed E-state index contributed by atoms with van der Waals surface area (Å²) in [6, 6.07) is 6.40. The summed E-state index contributed by atoms with van der Waals surface area (Å²) in [6.45, 7) is 6.37. The Kier molecular flexibility index (Phi) is 8.03. The second-order valence-corrected chi connectivity index (χ2v) is 10.5. The van der Waals surface area contributed by atoms with Gasteiger partial charge in [-0.05, 0) is 26.0 Å². The van der Waals surface area contributed by atoms with Crippen molar-refractivity contribution in [1.82, 2.24) is 18.8 Å². The minimum absolute atomic E-state index is 0.0311. The third kappa shape index (κ3) is 5.43. The zero-order valence-electron chi connectivity index (χ0n) is 17.9. The van der Waals surface area contributed by atoms with Crippen LogP contribution in [-0.4, -0.2) is 78.7 Å². The Morgan fingerprint density at radius 1 is 1.19 bits per heavy atom. The van der Waals surface area contributed by atoms with E-state index in [9.17, 15) is 13.2 Å². The average molecular weight is 487 g/mol. The van der Waals surface area contributed by atoms with Crippen molar-refractivity contribution in [3.8, 4) is 0 Å². The molecule has 2 aromatic rings. The van der Waals surface area contributed by atoms with Crippen molar-refractivity contribution >= 4 is 39.3 Å². The number of amides is 1. The van der Waals surface area contributed by atoms with Crippen LogP contribution in [-0.2, 0) is 26.1 Å². The Labute approximate surface area is 192 Å². The van der Waals surface area contributed by atoms with Crippen LogP contribution in [0.5, 0.6) is 0 Å². The summed E-state index contributed by atoms with van der Waals surface area (Å²) in [4.78, 5) is 19.1. The second kappa shape index (κ2) is 10.4. The number of benzene rings is 1. The lowest BCUT2D eigenvalue weighted by Gasteiger charge is -2.34. The molecular formula is C20H27ClN4O4S2. The first kappa shape index (κ1) is 24.1. The quantitative estimate of drug-likeness (QED) is 0.533. The number of thioether (sulfide) groups is 1. The first-order valence-electron chi connectivity index (χ1n) is 9.93. The minimum atomic E-state index is -3.68. The molecule has 0 radical (unpaired) electrons. The SMILES string of the molecule is COCCn1c(SCC(=O)N2CCN(S(=O)(=O)c3ccccc3Cl)CC2)nc(C)c1C. The molecule has 8 nitrogen and oxygen atoms in total. The number of hydrogen-bond donors (Lipinski definition) is 0. The van der Waals surface area contributed by atoms with E-state index >= 15 is 0 Å². The third-order valence-corrected chi connectivity index (χ3v) is 8.67. The van der Waals surface area contributed by atoms with Crippen molar-refractivity contribution in [2.24, 2.45) is 0 Å². The molecule has 1 amide bonds. The van der Waals surface area contributed by atoms with E-state index in [1.807, 2.05) is 13.8 Å². The van der Waals surface area contributed by atoms with Gasteiger partial charge >= 0.3 is 0 Å². The highest BCUT2D eigenvalue weighted by Crippen LogP contribution is 2.26. The Bertz CT molecular complexity index is 1030. The van der Waals surface area contributed by atoms with Gasteiger partial charge < -0.3 is 14.2 Å². The summed E-state index contributed by atoms with van der Waals surface area (Å²) in [5, 5.41) is 0.993. The standard InChI is InChI=1S/C20H27ClN4O4S2/c1-15-16(2)25(12-13-29-3)20(22-15)30-14-19(26)23-8-10-24(11-9-23)31(27,28)18-7-5-4-6-17(18)21/h4-7H,8-14H2,1-3H3. The summed E-state index contributed by atoms with van der Waals surface area (Å²) in [7, 11) is -2.03. The van der Waals surface area contributed by atoms with E-state index in [0.717, 1.165) is 16.5 Å². The van der Waals surface area contributed by atoms with Crippen LogP contribution in [0.2, 0.25) is 5.02 Å². The predicted molar refractivity (Wildman–Crippen MR) is 121 cm³/mol. The highest BCUT2D eigenvalue weighted by Gasteiger charge is 2.31. The first-order valence-corrected chi connectivity index (χ1v) is 12.7. The number of halogens is 1. The van der Waals surface area contributed by atoms with Gasteiger partial charge in [-0.15, -0.1) is 0 Å². The smallest absolute Gasteiger partial charge is 0.244 e. The lowest BCUT2D eigenvalue weighted by atomic mass is 10.3. The molecule has 1 fully saturated rings. The molecule has 170 valence electrons. The monoisotopic (exact) mass is 486 g/mol. The molecule has 0 atom stereocenters. The van der Waals surface area contributed by atoms with Gasteiger partial charge in [-0.1, -0.05) is 35.5 Å². The molecule has 0 N–H and O–H groups in total. The van der Waals surface area contributed by atoms with Crippen molar-refractivity contribution in [3.63, 3.8) is 0 Å². The number of carbonyl (C=O) groups is 1. The molecule has 31 heavy (non-hydrogen) atoms. The van der Waals surface area contributed by atoms with E-state index in [1.165, 1.54) is 22.1 Å². The van der Waals surface area contributed by atoms with Gasteiger partial charge in [-0.2, -0.15) is 4.31 Å². The molecule has 1 aliphatic heterocycles. The first-order chi connectivity index (χ1) is 14.8. The van der Waals surface area contributed by atoms with E-state index in [0.29, 0.717) is 26.2 Å². The third-order valence-electron chi connectivity index (χ3n) is 5.31. The van der Waals surface area contributed by atoms with Crippen LogP contribution in [0.1, 0.15) is 11.4 Å². The van der Waals surface area contributed by atoms with Crippen molar-refractivity contribution in [2.45, 2.75) is 30.4 Å². The Morgan fingerprint density at radius 3 is 2.52 bits per heavy atom. The van der Waals surface area contributed by atoms with Crippen LogP contribution in [0.4, 0.5) is 0 Å². The summed E-state index contributed by atoms with van der Waals surface area (Å²) in [5.74, 6) is 0.219. The van der Waals surface area contributed by atoms with Gasteiger partial charge in [0.1, 0.15) is 4.90 Å². The van der Waals surface area contributed by atoms with Gasteiger partial charge in [-0.3, -0.25) is 4.79 Å². The second-order valence-electron chi connectivity index (χ2n) is 7.21. The van der Waals surface area contributed by atoms with Gasteiger partial charge in [-0.25, -0.2) is 13.4 Å². The van der Waals surface area contributed by atoms with Crippen LogP contribution in [0.15, 0.2) is 34.3 Å². The topological polar surface area (TPSA) is 84.7 Å². The number of hydrogen-bond acceptors (Lipinski definition) is 6. The summed E-state index contributed by atoms with van der Waals surface area (Å²) in [5.41, 5.74) is 2.00. The Morgan fingerprint density at radius 2 is 1.87 bits per heavy atom. The minimum Gasteiger partial charge on any atom is -0.383 e. The van der Waals surface area contributed by atoms with Gasteiger partial charge in [0.05, 0.1) is 23.1 Å². The molecule has 1 aromatic heterocycles. The number of piperazine rings is 1. The van der Waals surface area contributed by atoms with Crippen LogP contribution >= 0.6 is 23.4 Å². The molecule has 3 rings (SSSR count). The van der Waals surface area contributed by atoms with Crippen LogP contribution in [0, 0.1) is 13.8 Å². The lowest BCUT2D eigenvalue weighted by Crippen LogP contribution is -2.51. The fraction of sp³-hybridized carbons (Fsp3) is 0.500. The number of aryl methyl sites for hydroxylation is 1. The number of rotatable bonds is 8. The summed E-state index contributed by atoms with van der Waals surface area (Å²) in [6.07, 6.45) is 0. The molecule has 0 aliphatic carbocycles. The van der Waals surface area contributed by atoms with Crippen molar-refractivity contribution in [3.05, 3.63) is 40.7 Å². The molecule has 0 saturated carbocycles. The zero-order chi connectivity index (χ0) is 22.6. The van der Waals surface area contributed by atoms with E-state index in [2.05, 4.69) is 9.55 Å². The molecular weight excluding hydrogens is 460 g/mol. The number of carbonyl (C=O) groups excluding carboxylic acids is 1. The number of nitrogens with zero attached hydrogens (tertiary/aromatic N) is 4. The fourth-order valence-corrected chi connectivity index (χ4v) is 6.30. The number of ether oxygens (including phenoxy) is 1. The lowest BCUT2D eigenvalue weighted by molar-refractivity contribution is -0.129. The highest BCUT2D eigenvalue weighted by atomic mass is 35.5. The Balaban J connectivity index is 1.58. The average Bonchev–Trinajstić information content (AvgIpc) is 3.03. The van der Waals surface area contributed by atoms with E-state index in [-0.39, 0.29) is 34.7 Å². The maximum absolute atomic E-state index is 12.9. The van der Waals surface area contributed by atoms with Gasteiger partial charge in [0.25, 0.3) is 0 Å². The van der Waals surface area contributed by atoms with Crippen molar-refractivity contribution in [1.29, 1.82) is 0 Å². The molecule has 1 aliphatic rings. The normalized spacial score (nSPS) is 15.4. The van der Waals surface area contributed by atoms with E-state index < -0.39 is 10.0 Å². The number of imidazole rings is 1. The van der Waals surface area contributed by atoms with E-state index in [4.69, 9.17) is 16.3 Å². The molecule has 0 spiro atoms. The van der Waals surface area contributed by atoms with Crippen molar-refractivity contribution in [2.75, 3.05) is 45.6 Å². The number of aromatic nitrogens is 2. The number of sulfonamides is 1. The largest absolute Gasteiger partial charge is 0.383 e. The van der Waals surface area contributed by atoms with Crippen LogP contribution < -0.4 is 0 Å². The van der Waals surface area contributed by atoms with Gasteiger partial charge in [0.15, 0.2) is 5.16 Å². The maximum Gasteiger partial charge on any atom is 0.244 e. The van der Waals surface area contributed by atoms with Crippen LogP contribution in [0.3, 0.4) is 0 Å². The summed E-state index contributed by atoms with van der Waals surface area (Å²) < 4.78 is 34.3. The molecule has 1 saturated heterocycles. The molecule has 0 bridgehead atoms. The molecule has 1 aromatic carbocycles. The highest BCUT2D eigenvalue weighted by molar-refractivity contribution is 7.99. The maximum atomic E-state index is 12.9. The van der Waals surface area contributed by atoms with Gasteiger partial charge in [0.2, 0.25) is 15.9 Å². The summed E-state index contributed by atoms with van der Waals surface area (Å²) >= 11 is 7.47. The van der Waals surface area contributed by atoms with Gasteiger partial charge in [0, 0.05) is 45.5 Å².